The lowest BCUT2D eigenvalue weighted by atomic mass is 9.40. The molecule has 0 atom stereocenters. The number of imidazole rings is 2. The van der Waals surface area contributed by atoms with E-state index in [1.165, 1.54) is 22.7 Å². The fourth-order valence-electron chi connectivity index (χ4n) is 5.78. The van der Waals surface area contributed by atoms with Crippen LogP contribution in [0.15, 0.2) is 54.2 Å². The van der Waals surface area contributed by atoms with Crippen LogP contribution >= 0.6 is 0 Å². The molecule has 188 valence electrons. The smallest absolute Gasteiger partial charge is 0.381 e. The largest absolute Gasteiger partial charge is 0.434 e. The summed E-state index contributed by atoms with van der Waals surface area (Å²) in [4.78, 5) is 11.6. The zero-order chi connectivity index (χ0) is 25.5. The van der Waals surface area contributed by atoms with E-state index < -0.39 is 27.4 Å². The van der Waals surface area contributed by atoms with Crippen molar-refractivity contribution in [2.24, 2.45) is 5.41 Å². The predicted octanol–water partition coefficient (Wildman–Crippen LogP) is 3.40. The van der Waals surface area contributed by atoms with Crippen LogP contribution in [0.1, 0.15) is 30.5 Å². The lowest BCUT2D eigenvalue weighted by Crippen LogP contribution is -2.75. The van der Waals surface area contributed by atoms with Gasteiger partial charge >= 0.3 is 6.18 Å². The van der Waals surface area contributed by atoms with Gasteiger partial charge in [0.15, 0.2) is 17.2 Å². The van der Waals surface area contributed by atoms with Crippen molar-refractivity contribution in [3.63, 3.8) is 0 Å². The van der Waals surface area contributed by atoms with Gasteiger partial charge in [0.05, 0.1) is 23.1 Å². The second-order valence-electron chi connectivity index (χ2n) is 9.97. The number of halogens is 3. The van der Waals surface area contributed by atoms with Crippen molar-refractivity contribution in [1.82, 2.24) is 28.6 Å². The van der Waals surface area contributed by atoms with Gasteiger partial charge < -0.3 is 10.3 Å². The van der Waals surface area contributed by atoms with Gasteiger partial charge in [-0.15, -0.1) is 0 Å². The van der Waals surface area contributed by atoms with E-state index >= 15 is 0 Å². The molecule has 0 aliphatic heterocycles. The van der Waals surface area contributed by atoms with Crippen molar-refractivity contribution in [1.29, 1.82) is 0 Å². The molecule has 0 saturated heterocycles. The first kappa shape index (κ1) is 23.0. The predicted molar refractivity (Wildman–Crippen MR) is 124 cm³/mol. The van der Waals surface area contributed by atoms with E-state index in [-0.39, 0.29) is 27.5 Å². The third kappa shape index (κ3) is 3.56. The second kappa shape index (κ2) is 7.29. The zero-order valence-corrected chi connectivity index (χ0v) is 19.9. The van der Waals surface area contributed by atoms with Crippen molar-refractivity contribution in [2.45, 2.75) is 49.3 Å². The molecule has 0 amide bonds. The fraction of sp³-hybridized carbons (Fsp3) is 0.348. The number of fused-ring (bicyclic) bond motifs is 1. The Morgan fingerprint density at radius 3 is 2.64 bits per heavy atom. The van der Waals surface area contributed by atoms with Gasteiger partial charge in [-0.3, -0.25) is 4.40 Å². The number of nitrogens with one attached hydrogen (secondary N) is 1. The highest BCUT2D eigenvalue weighted by molar-refractivity contribution is 7.89. The highest BCUT2D eigenvalue weighted by Gasteiger charge is 2.68. The molecule has 3 aromatic heterocycles. The average molecular weight is 518 g/mol. The van der Waals surface area contributed by atoms with Crippen LogP contribution in [0, 0.1) is 12.3 Å². The fourth-order valence-corrected chi connectivity index (χ4v) is 7.20. The number of nitrogen functional groups attached to an aromatic ring is 1. The molecule has 3 N–H and O–H groups in total. The first-order valence-electron chi connectivity index (χ1n) is 11.2. The monoisotopic (exact) mass is 517 g/mol. The van der Waals surface area contributed by atoms with Gasteiger partial charge in [-0.2, -0.15) is 13.2 Å². The summed E-state index contributed by atoms with van der Waals surface area (Å²) >= 11 is 0. The van der Waals surface area contributed by atoms with Crippen molar-refractivity contribution in [3.8, 4) is 11.3 Å². The number of hydrogen-bond acceptors (Lipinski definition) is 6. The molecular formula is C23H22F3N7O2S. The Labute approximate surface area is 204 Å². The van der Waals surface area contributed by atoms with Crippen LogP contribution in [-0.4, -0.2) is 37.9 Å². The van der Waals surface area contributed by atoms with E-state index in [4.69, 9.17) is 5.73 Å². The summed E-state index contributed by atoms with van der Waals surface area (Å²) in [5, 5.41) is 0. The first-order valence-corrected chi connectivity index (χ1v) is 12.7. The highest BCUT2D eigenvalue weighted by Crippen LogP contribution is 2.68. The number of benzene rings is 1. The minimum Gasteiger partial charge on any atom is -0.381 e. The summed E-state index contributed by atoms with van der Waals surface area (Å²) < 4.78 is 72.6. The molecule has 4 aromatic rings. The number of nitrogens with two attached hydrogens (primary N) is 1. The molecule has 13 heteroatoms. The second-order valence-corrected chi connectivity index (χ2v) is 11.7. The first-order chi connectivity index (χ1) is 16.9. The molecule has 3 aliphatic rings. The van der Waals surface area contributed by atoms with E-state index in [1.807, 2.05) is 10.8 Å². The normalized spacial score (nSPS) is 23.4. The van der Waals surface area contributed by atoms with Crippen LogP contribution in [-0.2, 0) is 22.7 Å². The van der Waals surface area contributed by atoms with Gasteiger partial charge in [0, 0.05) is 36.2 Å². The maximum Gasteiger partial charge on any atom is 0.434 e. The summed E-state index contributed by atoms with van der Waals surface area (Å²) in [5.41, 5.74) is 5.62. The van der Waals surface area contributed by atoms with Gasteiger partial charge in [0.2, 0.25) is 10.0 Å². The van der Waals surface area contributed by atoms with Crippen molar-refractivity contribution in [2.75, 3.05) is 5.73 Å². The molecule has 7 rings (SSSR count). The molecule has 3 fully saturated rings. The van der Waals surface area contributed by atoms with Crippen molar-refractivity contribution in [3.05, 3.63) is 60.6 Å². The molecule has 36 heavy (non-hydrogen) atoms. The number of alkyl halides is 3. The highest BCUT2D eigenvalue weighted by atomic mass is 32.2. The van der Waals surface area contributed by atoms with Gasteiger partial charge in [-0.25, -0.2) is 28.1 Å². The maximum absolute atomic E-state index is 13.3. The average Bonchev–Trinajstić information content (AvgIpc) is 3.41. The molecule has 3 heterocycles. The summed E-state index contributed by atoms with van der Waals surface area (Å²) in [6, 6.07) is 4.58. The number of sulfonamides is 1. The number of aryl methyl sites for hydroxylation is 1. The summed E-state index contributed by atoms with van der Waals surface area (Å²) in [6.07, 6.45) is 5.08. The van der Waals surface area contributed by atoms with Crippen LogP contribution in [0.5, 0.6) is 0 Å². The van der Waals surface area contributed by atoms with Gasteiger partial charge in [0.25, 0.3) is 0 Å². The summed E-state index contributed by atoms with van der Waals surface area (Å²) in [6.45, 7) is 2.55. The van der Waals surface area contributed by atoms with Crippen LogP contribution in [0.4, 0.5) is 19.0 Å². The minimum atomic E-state index is -4.70. The van der Waals surface area contributed by atoms with Crippen molar-refractivity contribution >= 4 is 21.5 Å². The molecule has 0 unspecified atom stereocenters. The third-order valence-corrected chi connectivity index (χ3v) is 8.75. The van der Waals surface area contributed by atoms with Crippen LogP contribution < -0.4 is 10.5 Å². The van der Waals surface area contributed by atoms with Crippen molar-refractivity contribution < 1.29 is 21.6 Å². The molecule has 9 nitrogen and oxygen atoms in total. The topological polar surface area (TPSA) is 120 Å². The van der Waals surface area contributed by atoms with Crippen LogP contribution in [0.25, 0.3) is 16.9 Å². The van der Waals surface area contributed by atoms with Gasteiger partial charge in [-0.05, 0) is 49.3 Å². The van der Waals surface area contributed by atoms with E-state index in [9.17, 15) is 21.6 Å². The number of nitrogens with zero attached hydrogens (tertiary/aromatic N) is 5. The number of aromatic nitrogens is 5. The van der Waals surface area contributed by atoms with Crippen LogP contribution in [0.3, 0.4) is 0 Å². The number of rotatable bonds is 6. The van der Waals surface area contributed by atoms with E-state index in [2.05, 4.69) is 19.7 Å². The molecule has 1 aromatic carbocycles. The number of hydrogen-bond donors (Lipinski definition) is 2. The summed E-state index contributed by atoms with van der Waals surface area (Å²) in [7, 11) is -3.87. The molecule has 3 aliphatic carbocycles. The maximum atomic E-state index is 13.3. The quantitative estimate of drug-likeness (QED) is 0.405. The standard InChI is InChI=1S/C23H22F3N7O2S/c1-14-2-3-15(36(34,35)31-22-9-21(10-22,11-22)12-32-5-4-28-13-32)6-16(14)17-7-29-20-19(27)30-18(8-33(17)20)23(24,25)26/h2-8,13,31H,9-12H2,1H3,(H2,27,30). The number of anilines is 1. The molecular weight excluding hydrogens is 495 g/mol. The molecule has 0 radical (unpaired) electrons. The Bertz CT molecular complexity index is 1590. The Morgan fingerprint density at radius 2 is 1.97 bits per heavy atom. The minimum absolute atomic E-state index is 0.0320. The summed E-state index contributed by atoms with van der Waals surface area (Å²) in [5.74, 6) is -0.368. The van der Waals surface area contributed by atoms with E-state index in [1.54, 1.807) is 25.5 Å². The molecule has 3 saturated carbocycles. The SMILES string of the molecule is Cc1ccc(S(=O)(=O)NC23CC(Cn4ccnc4)(C2)C3)cc1-c1cnc2c(N)nc(C(F)(F)F)cn12. The Morgan fingerprint density at radius 1 is 1.22 bits per heavy atom. The Balaban J connectivity index is 1.29. The lowest BCUT2D eigenvalue weighted by Gasteiger charge is -2.70. The van der Waals surface area contributed by atoms with E-state index in [0.29, 0.717) is 11.1 Å². The third-order valence-electron chi connectivity index (χ3n) is 7.17. The molecule has 0 spiro atoms. The molecule has 2 bridgehead atoms. The van der Waals surface area contributed by atoms with Gasteiger partial charge in [-0.1, -0.05) is 6.07 Å². The van der Waals surface area contributed by atoms with Crippen LogP contribution in [0.2, 0.25) is 0 Å². The lowest BCUT2D eigenvalue weighted by molar-refractivity contribution is -0.151. The van der Waals surface area contributed by atoms with Gasteiger partial charge in [0.1, 0.15) is 0 Å². The zero-order valence-electron chi connectivity index (χ0n) is 19.1. The Kier molecular flexibility index (Phi) is 4.65. The Hall–Kier alpha value is -3.45. The van der Waals surface area contributed by atoms with E-state index in [0.717, 1.165) is 32.0 Å².